The molecule has 0 bridgehead atoms. The molecule has 0 saturated carbocycles. The van der Waals surface area contributed by atoms with Gasteiger partial charge in [0.05, 0.1) is 10.8 Å². The minimum Gasteiger partial charge on any atom is -0.481 e. The maximum absolute atomic E-state index is 11.7. The monoisotopic (exact) mass is 286 g/mol. The minimum absolute atomic E-state index is 0.186. The Morgan fingerprint density at radius 1 is 1.32 bits per heavy atom. The summed E-state index contributed by atoms with van der Waals surface area (Å²) in [6.07, 6.45) is 0. The Labute approximate surface area is 112 Å². The van der Waals surface area contributed by atoms with Crippen molar-refractivity contribution in [3.8, 4) is 0 Å². The second-order valence-corrected chi connectivity index (χ2v) is 5.91. The van der Waals surface area contributed by atoms with Gasteiger partial charge in [0, 0.05) is 18.8 Å². The lowest BCUT2D eigenvalue weighted by atomic mass is 10.2. The summed E-state index contributed by atoms with van der Waals surface area (Å²) in [5.41, 5.74) is 0.684. The third-order valence-electron chi connectivity index (χ3n) is 2.53. The zero-order chi connectivity index (χ0) is 14.5. The van der Waals surface area contributed by atoms with Crippen LogP contribution >= 0.6 is 0 Å². The average Bonchev–Trinajstić information content (AvgIpc) is 2.36. The zero-order valence-electron chi connectivity index (χ0n) is 10.9. The van der Waals surface area contributed by atoms with Gasteiger partial charge in [0.1, 0.15) is 0 Å². The number of sulfonamides is 1. The fourth-order valence-electron chi connectivity index (χ4n) is 1.38. The van der Waals surface area contributed by atoms with E-state index in [1.54, 1.807) is 26.0 Å². The molecule has 0 spiro atoms. The number of anilines is 1. The first kappa shape index (κ1) is 15.5. The molecule has 0 heterocycles. The molecular formula is C12H18N2O4S. The van der Waals surface area contributed by atoms with E-state index in [0.717, 1.165) is 0 Å². The molecule has 1 aromatic rings. The van der Waals surface area contributed by atoms with E-state index in [4.69, 9.17) is 5.11 Å². The molecule has 19 heavy (non-hydrogen) atoms. The van der Waals surface area contributed by atoms with Gasteiger partial charge in [-0.05, 0) is 24.3 Å². The summed E-state index contributed by atoms with van der Waals surface area (Å²) in [4.78, 5) is 10.8. The third-order valence-corrected chi connectivity index (χ3v) is 4.09. The highest BCUT2D eigenvalue weighted by atomic mass is 32.2. The van der Waals surface area contributed by atoms with Crippen molar-refractivity contribution in [3.05, 3.63) is 24.3 Å². The van der Waals surface area contributed by atoms with E-state index in [2.05, 4.69) is 10.0 Å². The molecule has 6 nitrogen and oxygen atoms in total. The Balaban J connectivity index is 2.69. The maximum Gasteiger partial charge on any atom is 0.308 e. The van der Waals surface area contributed by atoms with Crippen molar-refractivity contribution in [2.45, 2.75) is 18.7 Å². The van der Waals surface area contributed by atoms with Crippen LogP contribution in [0.25, 0.3) is 0 Å². The predicted molar refractivity (Wildman–Crippen MR) is 72.6 cm³/mol. The van der Waals surface area contributed by atoms with Crippen molar-refractivity contribution in [1.82, 2.24) is 4.72 Å². The van der Waals surface area contributed by atoms with Crippen LogP contribution in [0.4, 0.5) is 5.69 Å². The standard InChI is InChI=1S/C12H18N2O4S/c1-3-14-19(17,18)11-6-4-10(5-7-11)13-8-9(2)12(15)16/h4-7,9,13-14H,3,8H2,1-2H3,(H,15,16). The molecule has 0 aliphatic carbocycles. The molecule has 1 atom stereocenters. The highest BCUT2D eigenvalue weighted by molar-refractivity contribution is 7.89. The van der Waals surface area contributed by atoms with Crippen molar-refractivity contribution in [2.75, 3.05) is 18.4 Å². The first-order valence-corrected chi connectivity index (χ1v) is 7.41. The maximum atomic E-state index is 11.7. The molecule has 1 unspecified atom stereocenters. The number of nitrogens with one attached hydrogen (secondary N) is 2. The summed E-state index contributed by atoms with van der Waals surface area (Å²) >= 11 is 0. The number of carboxylic acids is 1. The van der Waals surface area contributed by atoms with Crippen molar-refractivity contribution in [3.63, 3.8) is 0 Å². The van der Waals surface area contributed by atoms with Crippen LogP contribution in [-0.4, -0.2) is 32.6 Å². The quantitative estimate of drug-likeness (QED) is 0.698. The number of carbonyl (C=O) groups is 1. The van der Waals surface area contributed by atoms with Crippen LogP contribution in [0.3, 0.4) is 0 Å². The lowest BCUT2D eigenvalue weighted by Gasteiger charge is -2.10. The normalized spacial score (nSPS) is 12.9. The van der Waals surface area contributed by atoms with Crippen LogP contribution in [0.15, 0.2) is 29.2 Å². The lowest BCUT2D eigenvalue weighted by molar-refractivity contribution is -0.140. The number of aliphatic carboxylic acids is 1. The Morgan fingerprint density at radius 2 is 1.89 bits per heavy atom. The highest BCUT2D eigenvalue weighted by Crippen LogP contribution is 2.14. The Hall–Kier alpha value is -1.60. The zero-order valence-corrected chi connectivity index (χ0v) is 11.7. The Morgan fingerprint density at radius 3 is 2.37 bits per heavy atom. The van der Waals surface area contributed by atoms with Crippen molar-refractivity contribution in [1.29, 1.82) is 0 Å². The topological polar surface area (TPSA) is 95.5 Å². The summed E-state index contributed by atoms with van der Waals surface area (Å²) in [6, 6.07) is 6.18. The van der Waals surface area contributed by atoms with Gasteiger partial charge >= 0.3 is 5.97 Å². The molecule has 0 aliphatic rings. The minimum atomic E-state index is -3.44. The van der Waals surface area contributed by atoms with Gasteiger partial charge in [-0.2, -0.15) is 0 Å². The number of hydrogen-bond donors (Lipinski definition) is 3. The summed E-state index contributed by atoms with van der Waals surface area (Å²) in [6.45, 7) is 3.92. The van der Waals surface area contributed by atoms with Crippen LogP contribution < -0.4 is 10.0 Å². The van der Waals surface area contributed by atoms with E-state index in [-0.39, 0.29) is 11.4 Å². The van der Waals surface area contributed by atoms with Crippen molar-refractivity contribution in [2.24, 2.45) is 5.92 Å². The Kier molecular flexibility index (Phi) is 5.31. The molecular weight excluding hydrogens is 268 g/mol. The van der Waals surface area contributed by atoms with E-state index in [0.29, 0.717) is 12.2 Å². The Bertz CT molecular complexity index is 525. The molecule has 0 aliphatic heterocycles. The van der Waals surface area contributed by atoms with E-state index in [9.17, 15) is 13.2 Å². The van der Waals surface area contributed by atoms with Crippen molar-refractivity contribution >= 4 is 21.7 Å². The molecule has 1 rings (SSSR count). The molecule has 0 fully saturated rings. The fraction of sp³-hybridized carbons (Fsp3) is 0.417. The number of carboxylic acid groups (broad SMARTS) is 1. The number of rotatable bonds is 7. The van der Waals surface area contributed by atoms with Gasteiger partial charge in [0.2, 0.25) is 10.0 Å². The van der Waals surface area contributed by atoms with Crippen LogP contribution in [-0.2, 0) is 14.8 Å². The molecule has 3 N–H and O–H groups in total. The fourth-order valence-corrected chi connectivity index (χ4v) is 2.42. The number of benzene rings is 1. The van der Waals surface area contributed by atoms with Gasteiger partial charge in [-0.15, -0.1) is 0 Å². The molecule has 7 heteroatoms. The molecule has 0 aromatic heterocycles. The van der Waals surface area contributed by atoms with Crippen LogP contribution in [0.5, 0.6) is 0 Å². The second-order valence-electron chi connectivity index (χ2n) is 4.15. The van der Waals surface area contributed by atoms with Gasteiger partial charge in [-0.3, -0.25) is 4.79 Å². The molecule has 106 valence electrons. The van der Waals surface area contributed by atoms with Gasteiger partial charge < -0.3 is 10.4 Å². The van der Waals surface area contributed by atoms with Crippen LogP contribution in [0.2, 0.25) is 0 Å². The van der Waals surface area contributed by atoms with Gasteiger partial charge in [0.25, 0.3) is 0 Å². The summed E-state index contributed by atoms with van der Waals surface area (Å²) < 4.78 is 25.8. The van der Waals surface area contributed by atoms with Gasteiger partial charge in [-0.25, -0.2) is 13.1 Å². The van der Waals surface area contributed by atoms with E-state index < -0.39 is 21.9 Å². The molecule has 0 amide bonds. The molecule has 1 aromatic carbocycles. The molecule has 0 radical (unpaired) electrons. The third kappa shape index (κ3) is 4.53. The van der Waals surface area contributed by atoms with Crippen LogP contribution in [0.1, 0.15) is 13.8 Å². The second kappa shape index (κ2) is 6.53. The van der Waals surface area contributed by atoms with E-state index in [1.807, 2.05) is 0 Å². The highest BCUT2D eigenvalue weighted by Gasteiger charge is 2.13. The first-order valence-electron chi connectivity index (χ1n) is 5.93. The van der Waals surface area contributed by atoms with Gasteiger partial charge in [-0.1, -0.05) is 13.8 Å². The summed E-state index contributed by atoms with van der Waals surface area (Å²) in [7, 11) is -3.44. The smallest absolute Gasteiger partial charge is 0.308 e. The average molecular weight is 286 g/mol. The van der Waals surface area contributed by atoms with E-state index in [1.165, 1.54) is 12.1 Å². The SMILES string of the molecule is CCNS(=O)(=O)c1ccc(NCC(C)C(=O)O)cc1. The summed E-state index contributed by atoms with van der Waals surface area (Å²) in [5.74, 6) is -1.39. The van der Waals surface area contributed by atoms with Crippen molar-refractivity contribution < 1.29 is 18.3 Å². The predicted octanol–water partition coefficient (Wildman–Crippen LogP) is 1.12. The first-order chi connectivity index (χ1) is 8.86. The largest absolute Gasteiger partial charge is 0.481 e. The lowest BCUT2D eigenvalue weighted by Crippen LogP contribution is -2.23. The van der Waals surface area contributed by atoms with Gasteiger partial charge in [0.15, 0.2) is 0 Å². The molecule has 0 saturated heterocycles. The van der Waals surface area contributed by atoms with Crippen LogP contribution in [0, 0.1) is 5.92 Å². The van der Waals surface area contributed by atoms with E-state index >= 15 is 0 Å². The summed E-state index contributed by atoms with van der Waals surface area (Å²) in [5, 5.41) is 11.7. The number of hydrogen-bond acceptors (Lipinski definition) is 4.